The highest BCUT2D eigenvalue weighted by molar-refractivity contribution is 7.07. The Bertz CT molecular complexity index is 508. The summed E-state index contributed by atoms with van der Waals surface area (Å²) >= 11 is 1.68. The van der Waals surface area contributed by atoms with E-state index in [9.17, 15) is 4.79 Å². The van der Waals surface area contributed by atoms with E-state index in [2.05, 4.69) is 27.0 Å². The van der Waals surface area contributed by atoms with Gasteiger partial charge in [0.15, 0.2) is 0 Å². The number of carbonyl (C=O) groups is 1. The lowest BCUT2D eigenvalue weighted by molar-refractivity contribution is 0.0942. The summed E-state index contributed by atoms with van der Waals surface area (Å²) in [5.41, 5.74) is 1.94. The van der Waals surface area contributed by atoms with Crippen LogP contribution in [0.4, 0.5) is 0 Å². The second kappa shape index (κ2) is 6.50. The normalized spacial score (nSPS) is 12.4. The van der Waals surface area contributed by atoms with Gasteiger partial charge in [0.05, 0.1) is 6.04 Å². The average molecular weight is 274 g/mol. The van der Waals surface area contributed by atoms with E-state index in [1.807, 2.05) is 44.4 Å². The molecule has 1 aromatic carbocycles. The smallest absolute Gasteiger partial charge is 0.251 e. The third kappa shape index (κ3) is 3.66. The molecule has 0 saturated heterocycles. The van der Waals surface area contributed by atoms with Crippen molar-refractivity contribution in [2.45, 2.75) is 6.04 Å². The summed E-state index contributed by atoms with van der Waals surface area (Å²) < 4.78 is 0. The molecule has 2 aromatic rings. The van der Waals surface area contributed by atoms with Gasteiger partial charge in [0.25, 0.3) is 5.91 Å². The predicted molar refractivity (Wildman–Crippen MR) is 79.5 cm³/mol. The van der Waals surface area contributed by atoms with E-state index in [0.29, 0.717) is 12.1 Å². The third-order valence-corrected chi connectivity index (χ3v) is 3.74. The Labute approximate surface area is 117 Å². The first-order valence-electron chi connectivity index (χ1n) is 6.20. The maximum atomic E-state index is 12.0. The molecule has 1 N–H and O–H groups in total. The van der Waals surface area contributed by atoms with Crippen LogP contribution in [0.2, 0.25) is 0 Å². The van der Waals surface area contributed by atoms with Crippen molar-refractivity contribution in [1.82, 2.24) is 10.2 Å². The number of thiophene rings is 1. The van der Waals surface area contributed by atoms with E-state index in [1.54, 1.807) is 11.3 Å². The summed E-state index contributed by atoms with van der Waals surface area (Å²) in [6, 6.07) is 11.6. The van der Waals surface area contributed by atoms with Crippen molar-refractivity contribution in [3.8, 4) is 0 Å². The monoisotopic (exact) mass is 274 g/mol. The van der Waals surface area contributed by atoms with E-state index < -0.39 is 0 Å². The average Bonchev–Trinajstić information content (AvgIpc) is 2.93. The molecule has 0 fully saturated rings. The minimum Gasteiger partial charge on any atom is -0.350 e. The molecule has 1 heterocycles. The van der Waals surface area contributed by atoms with Crippen molar-refractivity contribution in [3.63, 3.8) is 0 Å². The van der Waals surface area contributed by atoms with Crippen LogP contribution in [0.1, 0.15) is 22.0 Å². The van der Waals surface area contributed by atoms with Crippen LogP contribution in [-0.2, 0) is 0 Å². The summed E-state index contributed by atoms with van der Waals surface area (Å²) in [6.45, 7) is 0.609. The minimum absolute atomic E-state index is 0.0253. The maximum absolute atomic E-state index is 12.0. The van der Waals surface area contributed by atoms with Gasteiger partial charge in [0.1, 0.15) is 0 Å². The van der Waals surface area contributed by atoms with Gasteiger partial charge in [-0.05, 0) is 48.6 Å². The highest BCUT2D eigenvalue weighted by Gasteiger charge is 2.15. The van der Waals surface area contributed by atoms with Crippen LogP contribution in [0.15, 0.2) is 47.2 Å². The number of nitrogens with one attached hydrogen (secondary N) is 1. The SMILES string of the molecule is CN(C)[C@@H](CNC(=O)c1ccccc1)c1ccsc1. The highest BCUT2D eigenvalue weighted by atomic mass is 32.1. The Morgan fingerprint density at radius 2 is 2.00 bits per heavy atom. The van der Waals surface area contributed by atoms with Crippen LogP contribution in [0.5, 0.6) is 0 Å². The van der Waals surface area contributed by atoms with E-state index in [0.717, 1.165) is 0 Å². The van der Waals surface area contributed by atoms with E-state index in [1.165, 1.54) is 5.56 Å². The number of hydrogen-bond donors (Lipinski definition) is 1. The third-order valence-electron chi connectivity index (χ3n) is 3.04. The van der Waals surface area contributed by atoms with Crippen molar-refractivity contribution >= 4 is 17.2 Å². The van der Waals surface area contributed by atoms with Gasteiger partial charge in [-0.15, -0.1) is 0 Å². The second-order valence-electron chi connectivity index (χ2n) is 4.61. The van der Waals surface area contributed by atoms with E-state index >= 15 is 0 Å². The lowest BCUT2D eigenvalue weighted by Gasteiger charge is -2.24. The number of benzene rings is 1. The molecule has 2 rings (SSSR count). The minimum atomic E-state index is -0.0253. The van der Waals surface area contributed by atoms with E-state index in [-0.39, 0.29) is 11.9 Å². The summed E-state index contributed by atoms with van der Waals surface area (Å²) in [5.74, 6) is -0.0253. The topological polar surface area (TPSA) is 32.3 Å². The van der Waals surface area contributed by atoms with Gasteiger partial charge in [0.2, 0.25) is 0 Å². The molecule has 0 bridgehead atoms. The quantitative estimate of drug-likeness (QED) is 0.909. The zero-order valence-electron chi connectivity index (χ0n) is 11.2. The van der Waals surface area contributed by atoms with Crippen molar-refractivity contribution in [1.29, 1.82) is 0 Å². The molecule has 3 nitrogen and oxygen atoms in total. The number of rotatable bonds is 5. The zero-order chi connectivity index (χ0) is 13.7. The first-order valence-corrected chi connectivity index (χ1v) is 7.14. The molecule has 1 atom stereocenters. The molecule has 1 aromatic heterocycles. The van der Waals surface area contributed by atoms with Gasteiger partial charge >= 0.3 is 0 Å². The molecule has 0 aliphatic rings. The summed E-state index contributed by atoms with van der Waals surface area (Å²) in [6.07, 6.45) is 0. The standard InChI is InChI=1S/C15H18N2OS/c1-17(2)14(13-8-9-19-11-13)10-16-15(18)12-6-4-3-5-7-12/h3-9,11,14H,10H2,1-2H3,(H,16,18)/t14-/m0/s1. The van der Waals surface area contributed by atoms with Gasteiger partial charge in [-0.25, -0.2) is 0 Å². The number of hydrogen-bond acceptors (Lipinski definition) is 3. The van der Waals surface area contributed by atoms with Crippen molar-refractivity contribution in [3.05, 3.63) is 58.3 Å². The Morgan fingerprint density at radius 1 is 1.26 bits per heavy atom. The summed E-state index contributed by atoms with van der Waals surface area (Å²) in [4.78, 5) is 14.1. The molecule has 0 saturated carbocycles. The number of carbonyl (C=O) groups excluding carboxylic acids is 1. The molecule has 0 aliphatic heterocycles. The van der Waals surface area contributed by atoms with Crippen LogP contribution >= 0.6 is 11.3 Å². The van der Waals surface area contributed by atoms with E-state index in [4.69, 9.17) is 0 Å². The highest BCUT2D eigenvalue weighted by Crippen LogP contribution is 2.20. The lowest BCUT2D eigenvalue weighted by Crippen LogP contribution is -2.34. The van der Waals surface area contributed by atoms with Gasteiger partial charge in [0, 0.05) is 12.1 Å². The fraction of sp³-hybridized carbons (Fsp3) is 0.267. The first-order chi connectivity index (χ1) is 9.18. The number of likely N-dealkylation sites (N-methyl/N-ethyl adjacent to an activating group) is 1. The lowest BCUT2D eigenvalue weighted by atomic mass is 10.1. The molecule has 100 valence electrons. The second-order valence-corrected chi connectivity index (χ2v) is 5.39. The fourth-order valence-electron chi connectivity index (χ4n) is 1.94. The van der Waals surface area contributed by atoms with Crippen LogP contribution < -0.4 is 5.32 Å². The van der Waals surface area contributed by atoms with Crippen LogP contribution in [0, 0.1) is 0 Å². The molecular formula is C15H18N2OS. The zero-order valence-corrected chi connectivity index (χ0v) is 12.0. The first kappa shape index (κ1) is 13.8. The maximum Gasteiger partial charge on any atom is 0.251 e. The molecule has 19 heavy (non-hydrogen) atoms. The van der Waals surface area contributed by atoms with Crippen molar-refractivity contribution in [2.24, 2.45) is 0 Å². The van der Waals surface area contributed by atoms with Gasteiger partial charge in [-0.3, -0.25) is 4.79 Å². The molecule has 0 unspecified atom stereocenters. The van der Waals surface area contributed by atoms with Gasteiger partial charge in [-0.2, -0.15) is 11.3 Å². The number of amides is 1. The Balaban J connectivity index is 1.98. The molecule has 0 aliphatic carbocycles. The molecule has 1 amide bonds. The van der Waals surface area contributed by atoms with Crippen LogP contribution in [-0.4, -0.2) is 31.4 Å². The molecule has 4 heteroatoms. The van der Waals surface area contributed by atoms with Crippen LogP contribution in [0.25, 0.3) is 0 Å². The number of nitrogens with zero attached hydrogens (tertiary/aromatic N) is 1. The predicted octanol–water partition coefficient (Wildman–Crippen LogP) is 2.78. The Kier molecular flexibility index (Phi) is 4.71. The molecule has 0 radical (unpaired) electrons. The van der Waals surface area contributed by atoms with Crippen molar-refractivity contribution < 1.29 is 4.79 Å². The fourth-order valence-corrected chi connectivity index (χ4v) is 2.65. The van der Waals surface area contributed by atoms with Crippen LogP contribution in [0.3, 0.4) is 0 Å². The van der Waals surface area contributed by atoms with Crippen molar-refractivity contribution in [2.75, 3.05) is 20.6 Å². The summed E-state index contributed by atoms with van der Waals surface area (Å²) in [5, 5.41) is 7.18. The molecular weight excluding hydrogens is 256 g/mol. The molecule has 0 spiro atoms. The largest absolute Gasteiger partial charge is 0.350 e. The Morgan fingerprint density at radius 3 is 2.58 bits per heavy atom. The van der Waals surface area contributed by atoms with Gasteiger partial charge < -0.3 is 10.2 Å². The van der Waals surface area contributed by atoms with Gasteiger partial charge in [-0.1, -0.05) is 18.2 Å². The Hall–Kier alpha value is -1.65. The summed E-state index contributed by atoms with van der Waals surface area (Å²) in [7, 11) is 4.05.